The Kier molecular flexibility index (Phi) is 4.36. The molecular formula is C16H14ClN3OS. The largest absolute Gasteiger partial charge is 0.497 e. The molecular weight excluding hydrogens is 318 g/mol. The second-order valence-electron chi connectivity index (χ2n) is 4.55. The number of ether oxygens (including phenoxy) is 1. The number of thioether (sulfide) groups is 1. The Balaban J connectivity index is 2.16. The maximum absolute atomic E-state index is 5.98. The lowest BCUT2D eigenvalue weighted by Crippen LogP contribution is -1.99. The first-order valence-corrected chi connectivity index (χ1v) is 8.23. The SMILES string of the molecule is COc1cccc(-c2nnc(SC)n2-c2ccc(Cl)cc2)c1. The van der Waals surface area contributed by atoms with Crippen LogP contribution in [0, 0.1) is 0 Å². The summed E-state index contributed by atoms with van der Waals surface area (Å²) in [6, 6.07) is 15.4. The summed E-state index contributed by atoms with van der Waals surface area (Å²) in [7, 11) is 1.65. The summed E-state index contributed by atoms with van der Waals surface area (Å²) < 4.78 is 7.30. The standard InChI is InChI=1S/C16H14ClN3OS/c1-21-14-5-3-4-11(10-14)15-18-19-16(22-2)20(15)13-8-6-12(17)7-9-13/h3-10H,1-2H3. The Morgan fingerprint density at radius 3 is 2.55 bits per heavy atom. The Labute approximate surface area is 138 Å². The zero-order chi connectivity index (χ0) is 15.5. The van der Waals surface area contributed by atoms with E-state index in [1.807, 2.05) is 59.4 Å². The van der Waals surface area contributed by atoms with Gasteiger partial charge < -0.3 is 4.74 Å². The molecule has 1 heterocycles. The van der Waals surface area contributed by atoms with Gasteiger partial charge in [0.25, 0.3) is 0 Å². The van der Waals surface area contributed by atoms with Gasteiger partial charge in [-0.05, 0) is 42.7 Å². The van der Waals surface area contributed by atoms with Crippen molar-refractivity contribution >= 4 is 23.4 Å². The first-order chi connectivity index (χ1) is 10.7. The first kappa shape index (κ1) is 14.9. The van der Waals surface area contributed by atoms with Crippen molar-refractivity contribution in [3.05, 3.63) is 53.6 Å². The van der Waals surface area contributed by atoms with Crippen molar-refractivity contribution in [2.45, 2.75) is 5.16 Å². The quantitative estimate of drug-likeness (QED) is 0.668. The summed E-state index contributed by atoms with van der Waals surface area (Å²) in [4.78, 5) is 0. The normalized spacial score (nSPS) is 10.7. The zero-order valence-electron chi connectivity index (χ0n) is 12.2. The van der Waals surface area contributed by atoms with Crippen LogP contribution in [0.2, 0.25) is 5.02 Å². The Bertz CT molecular complexity index is 786. The number of halogens is 1. The zero-order valence-corrected chi connectivity index (χ0v) is 13.7. The number of aromatic nitrogens is 3. The van der Waals surface area contributed by atoms with Gasteiger partial charge in [-0.1, -0.05) is 35.5 Å². The Morgan fingerprint density at radius 1 is 1.09 bits per heavy atom. The number of benzene rings is 2. The highest BCUT2D eigenvalue weighted by molar-refractivity contribution is 7.98. The average Bonchev–Trinajstić information content (AvgIpc) is 2.99. The van der Waals surface area contributed by atoms with Gasteiger partial charge in [-0.2, -0.15) is 0 Å². The predicted molar refractivity (Wildman–Crippen MR) is 90.1 cm³/mol. The van der Waals surface area contributed by atoms with Gasteiger partial charge in [-0.25, -0.2) is 0 Å². The molecule has 0 aliphatic carbocycles. The molecule has 4 nitrogen and oxygen atoms in total. The summed E-state index contributed by atoms with van der Waals surface area (Å²) in [5.41, 5.74) is 1.92. The van der Waals surface area contributed by atoms with E-state index in [1.165, 1.54) is 0 Å². The highest BCUT2D eigenvalue weighted by atomic mass is 35.5. The molecule has 112 valence electrons. The molecule has 0 atom stereocenters. The fraction of sp³-hybridized carbons (Fsp3) is 0.125. The summed E-state index contributed by atoms with van der Waals surface area (Å²) in [5.74, 6) is 1.56. The van der Waals surface area contributed by atoms with E-state index < -0.39 is 0 Å². The van der Waals surface area contributed by atoms with Gasteiger partial charge in [0.1, 0.15) is 5.75 Å². The summed E-state index contributed by atoms with van der Waals surface area (Å²) in [6.45, 7) is 0. The molecule has 0 fully saturated rings. The fourth-order valence-corrected chi connectivity index (χ4v) is 2.80. The molecule has 0 aliphatic heterocycles. The van der Waals surface area contributed by atoms with Crippen LogP contribution in [0.1, 0.15) is 0 Å². The molecule has 0 unspecified atom stereocenters. The van der Waals surface area contributed by atoms with E-state index in [0.29, 0.717) is 5.02 Å². The van der Waals surface area contributed by atoms with Gasteiger partial charge in [-0.3, -0.25) is 4.57 Å². The van der Waals surface area contributed by atoms with Gasteiger partial charge in [0.15, 0.2) is 11.0 Å². The van der Waals surface area contributed by atoms with Crippen LogP contribution in [-0.2, 0) is 0 Å². The van der Waals surface area contributed by atoms with Crippen LogP contribution in [0.5, 0.6) is 5.75 Å². The van der Waals surface area contributed by atoms with Crippen molar-refractivity contribution in [2.24, 2.45) is 0 Å². The van der Waals surface area contributed by atoms with Crippen LogP contribution in [0.3, 0.4) is 0 Å². The molecule has 0 saturated carbocycles. The second-order valence-corrected chi connectivity index (χ2v) is 5.76. The van der Waals surface area contributed by atoms with E-state index in [2.05, 4.69) is 10.2 Å². The Morgan fingerprint density at radius 2 is 1.86 bits per heavy atom. The third-order valence-corrected chi connectivity index (χ3v) is 4.11. The molecule has 22 heavy (non-hydrogen) atoms. The van der Waals surface area contributed by atoms with E-state index in [9.17, 15) is 0 Å². The minimum atomic E-state index is 0.699. The minimum Gasteiger partial charge on any atom is -0.497 e. The average molecular weight is 332 g/mol. The van der Waals surface area contributed by atoms with Gasteiger partial charge in [0.2, 0.25) is 0 Å². The number of hydrogen-bond acceptors (Lipinski definition) is 4. The lowest BCUT2D eigenvalue weighted by Gasteiger charge is -2.10. The van der Waals surface area contributed by atoms with Crippen molar-refractivity contribution in [3.63, 3.8) is 0 Å². The minimum absolute atomic E-state index is 0.699. The van der Waals surface area contributed by atoms with Gasteiger partial charge in [0, 0.05) is 16.3 Å². The van der Waals surface area contributed by atoms with Crippen molar-refractivity contribution in [1.29, 1.82) is 0 Å². The number of hydrogen-bond donors (Lipinski definition) is 0. The molecule has 0 bridgehead atoms. The lowest BCUT2D eigenvalue weighted by molar-refractivity contribution is 0.415. The molecule has 0 N–H and O–H groups in total. The van der Waals surface area contributed by atoms with Crippen molar-refractivity contribution in [3.8, 4) is 22.8 Å². The molecule has 2 aromatic carbocycles. The number of methoxy groups -OCH3 is 1. The molecule has 0 radical (unpaired) electrons. The summed E-state index contributed by atoms with van der Waals surface area (Å²) >= 11 is 7.53. The molecule has 0 saturated heterocycles. The van der Waals surface area contributed by atoms with E-state index in [-0.39, 0.29) is 0 Å². The van der Waals surface area contributed by atoms with Crippen LogP contribution in [-0.4, -0.2) is 28.1 Å². The smallest absolute Gasteiger partial charge is 0.195 e. The van der Waals surface area contributed by atoms with E-state index in [4.69, 9.17) is 16.3 Å². The topological polar surface area (TPSA) is 39.9 Å². The number of rotatable bonds is 4. The van der Waals surface area contributed by atoms with Crippen LogP contribution in [0.15, 0.2) is 53.7 Å². The predicted octanol–water partition coefficient (Wildman–Crippen LogP) is 4.32. The molecule has 6 heteroatoms. The highest BCUT2D eigenvalue weighted by Crippen LogP contribution is 2.29. The molecule has 3 aromatic rings. The molecule has 3 rings (SSSR count). The van der Waals surface area contributed by atoms with Gasteiger partial charge in [0.05, 0.1) is 7.11 Å². The Hall–Kier alpha value is -1.98. The van der Waals surface area contributed by atoms with E-state index in [1.54, 1.807) is 18.9 Å². The number of nitrogens with zero attached hydrogens (tertiary/aromatic N) is 3. The van der Waals surface area contributed by atoms with Crippen LogP contribution in [0.4, 0.5) is 0 Å². The summed E-state index contributed by atoms with van der Waals surface area (Å²) in [5, 5.41) is 10.1. The third-order valence-electron chi connectivity index (χ3n) is 3.23. The maximum Gasteiger partial charge on any atom is 0.195 e. The fourth-order valence-electron chi connectivity index (χ4n) is 2.17. The molecule has 0 amide bonds. The van der Waals surface area contributed by atoms with Crippen LogP contribution < -0.4 is 4.74 Å². The van der Waals surface area contributed by atoms with Crippen LogP contribution >= 0.6 is 23.4 Å². The van der Waals surface area contributed by atoms with Gasteiger partial charge in [-0.15, -0.1) is 10.2 Å². The highest BCUT2D eigenvalue weighted by Gasteiger charge is 2.15. The van der Waals surface area contributed by atoms with Gasteiger partial charge >= 0.3 is 0 Å². The van der Waals surface area contributed by atoms with Crippen LogP contribution in [0.25, 0.3) is 17.1 Å². The molecule has 0 spiro atoms. The summed E-state index contributed by atoms with van der Waals surface area (Å²) in [6.07, 6.45) is 1.98. The maximum atomic E-state index is 5.98. The van der Waals surface area contributed by atoms with Crippen molar-refractivity contribution in [2.75, 3.05) is 13.4 Å². The second kappa shape index (κ2) is 6.42. The monoisotopic (exact) mass is 331 g/mol. The first-order valence-electron chi connectivity index (χ1n) is 6.62. The third kappa shape index (κ3) is 2.82. The van der Waals surface area contributed by atoms with Crippen molar-refractivity contribution in [1.82, 2.24) is 14.8 Å². The molecule has 0 aliphatic rings. The van der Waals surface area contributed by atoms with E-state index in [0.717, 1.165) is 28.0 Å². The lowest BCUT2D eigenvalue weighted by atomic mass is 10.2. The van der Waals surface area contributed by atoms with E-state index >= 15 is 0 Å². The van der Waals surface area contributed by atoms with Crippen molar-refractivity contribution < 1.29 is 4.74 Å². The molecule has 1 aromatic heterocycles.